The molecule has 2 heterocycles. The number of carboxylic acid groups (broad SMARTS) is 1. The molecule has 1 saturated heterocycles. The second kappa shape index (κ2) is 6.47. The maximum atomic E-state index is 12.5. The van der Waals surface area contributed by atoms with E-state index in [0.717, 1.165) is 16.7 Å². The lowest BCUT2D eigenvalue weighted by molar-refractivity contribution is -0.152. The molecule has 0 unspecified atom stereocenters. The van der Waals surface area contributed by atoms with Gasteiger partial charge in [0.1, 0.15) is 0 Å². The zero-order chi connectivity index (χ0) is 17.3. The Morgan fingerprint density at radius 3 is 2.83 bits per heavy atom. The quantitative estimate of drug-likeness (QED) is 0.935. The van der Waals surface area contributed by atoms with Crippen LogP contribution in [0.25, 0.3) is 0 Å². The molecule has 0 saturated carbocycles. The lowest BCUT2D eigenvalue weighted by Crippen LogP contribution is -2.44. The van der Waals surface area contributed by atoms with E-state index in [4.69, 9.17) is 0 Å². The Morgan fingerprint density at radius 1 is 1.42 bits per heavy atom. The Hall–Kier alpha value is -2.63. The van der Waals surface area contributed by atoms with E-state index in [1.807, 2.05) is 31.2 Å². The normalized spacial score (nSPS) is 21.1. The number of hydrogen-bond acceptors (Lipinski definition) is 3. The van der Waals surface area contributed by atoms with Crippen LogP contribution in [0, 0.1) is 12.8 Å². The summed E-state index contributed by atoms with van der Waals surface area (Å²) in [6, 6.07) is 7.45. The van der Waals surface area contributed by atoms with E-state index in [2.05, 4.69) is 5.10 Å². The third-order valence-electron chi connectivity index (χ3n) is 4.53. The van der Waals surface area contributed by atoms with Crippen LogP contribution in [-0.4, -0.2) is 31.7 Å². The lowest BCUT2D eigenvalue weighted by Gasteiger charge is -2.39. The molecule has 1 aliphatic heterocycles. The third-order valence-corrected chi connectivity index (χ3v) is 4.53. The Labute approximate surface area is 140 Å². The molecule has 1 aliphatic rings. The predicted octanol–water partition coefficient (Wildman–Crippen LogP) is 2.29. The van der Waals surface area contributed by atoms with Crippen molar-refractivity contribution < 1.29 is 14.7 Å². The lowest BCUT2D eigenvalue weighted by atomic mass is 9.85. The number of rotatable bonds is 4. The number of likely N-dealkylation sites (tertiary alicyclic amines) is 1. The highest BCUT2D eigenvalue weighted by molar-refractivity contribution is 5.81. The zero-order valence-electron chi connectivity index (χ0n) is 13.8. The van der Waals surface area contributed by atoms with Crippen LogP contribution in [0.2, 0.25) is 0 Å². The van der Waals surface area contributed by atoms with Gasteiger partial charge >= 0.3 is 5.97 Å². The van der Waals surface area contributed by atoms with Crippen molar-refractivity contribution in [2.75, 3.05) is 0 Å². The van der Waals surface area contributed by atoms with Crippen LogP contribution in [0.5, 0.6) is 0 Å². The van der Waals surface area contributed by atoms with Crippen molar-refractivity contribution in [2.24, 2.45) is 13.0 Å². The molecule has 1 amide bonds. The summed E-state index contributed by atoms with van der Waals surface area (Å²) in [4.78, 5) is 26.0. The molecule has 0 bridgehead atoms. The van der Waals surface area contributed by atoms with E-state index < -0.39 is 17.9 Å². The number of piperidine rings is 1. The van der Waals surface area contributed by atoms with Gasteiger partial charge in [0.2, 0.25) is 5.91 Å². The van der Waals surface area contributed by atoms with Crippen LogP contribution >= 0.6 is 0 Å². The number of hydrogen-bond donors (Lipinski definition) is 1. The second-order valence-corrected chi connectivity index (χ2v) is 6.39. The molecular weight excluding hydrogens is 306 g/mol. The average molecular weight is 327 g/mol. The maximum Gasteiger partial charge on any atom is 0.308 e. The van der Waals surface area contributed by atoms with Gasteiger partial charge in [-0.1, -0.05) is 29.8 Å². The molecule has 0 radical (unpaired) electrons. The molecule has 0 aliphatic carbocycles. The van der Waals surface area contributed by atoms with Crippen LogP contribution in [0.3, 0.4) is 0 Å². The van der Waals surface area contributed by atoms with Gasteiger partial charge in [0.25, 0.3) is 0 Å². The van der Waals surface area contributed by atoms with Crippen LogP contribution in [0.1, 0.15) is 35.6 Å². The fraction of sp³-hybridized carbons (Fsp3) is 0.389. The van der Waals surface area contributed by atoms with Crippen molar-refractivity contribution in [3.63, 3.8) is 0 Å². The molecular formula is C18H21N3O3. The number of benzene rings is 1. The molecule has 126 valence electrons. The highest BCUT2D eigenvalue weighted by Crippen LogP contribution is 2.37. The molecule has 0 spiro atoms. The summed E-state index contributed by atoms with van der Waals surface area (Å²) in [6.45, 7) is 2.41. The Bertz CT molecular complexity index is 768. The van der Waals surface area contributed by atoms with Crippen molar-refractivity contribution in [2.45, 2.75) is 32.4 Å². The number of aliphatic carboxylic acids is 1. The number of nitrogens with zero attached hydrogens (tertiary/aromatic N) is 3. The van der Waals surface area contributed by atoms with Crippen LogP contribution in [0.15, 0.2) is 36.7 Å². The molecule has 1 aromatic carbocycles. The van der Waals surface area contributed by atoms with Gasteiger partial charge in [-0.25, -0.2) is 0 Å². The minimum absolute atomic E-state index is 0.0112. The monoisotopic (exact) mass is 327 g/mol. The van der Waals surface area contributed by atoms with Crippen molar-refractivity contribution >= 4 is 11.9 Å². The first-order chi connectivity index (χ1) is 11.5. The van der Waals surface area contributed by atoms with Crippen molar-refractivity contribution in [3.05, 3.63) is 53.3 Å². The molecule has 1 fully saturated rings. The first-order valence-corrected chi connectivity index (χ1v) is 8.02. The summed E-state index contributed by atoms with van der Waals surface area (Å²) in [5.74, 6) is -1.50. The summed E-state index contributed by atoms with van der Waals surface area (Å²) < 4.78 is 1.64. The number of carbonyl (C=O) groups excluding carboxylic acids is 1. The Kier molecular flexibility index (Phi) is 4.38. The van der Waals surface area contributed by atoms with Gasteiger partial charge in [-0.3, -0.25) is 14.3 Å². The van der Waals surface area contributed by atoms with Gasteiger partial charge in [0, 0.05) is 31.8 Å². The van der Waals surface area contributed by atoms with Gasteiger partial charge in [-0.05, 0) is 18.9 Å². The van der Waals surface area contributed by atoms with Crippen LogP contribution < -0.4 is 0 Å². The fourth-order valence-corrected chi connectivity index (χ4v) is 3.41. The Morgan fingerprint density at radius 2 is 2.21 bits per heavy atom. The van der Waals surface area contributed by atoms with Crippen LogP contribution in [0.4, 0.5) is 0 Å². The molecule has 3 rings (SSSR count). The molecule has 24 heavy (non-hydrogen) atoms. The Balaban J connectivity index is 1.98. The first kappa shape index (κ1) is 16.2. The van der Waals surface area contributed by atoms with Gasteiger partial charge in [0.05, 0.1) is 18.2 Å². The van der Waals surface area contributed by atoms with Gasteiger partial charge in [0.15, 0.2) is 0 Å². The molecule has 1 aromatic heterocycles. The predicted molar refractivity (Wildman–Crippen MR) is 88.0 cm³/mol. The number of amides is 1. The minimum atomic E-state index is -0.870. The van der Waals surface area contributed by atoms with E-state index in [0.29, 0.717) is 13.0 Å². The highest BCUT2D eigenvalue weighted by Gasteiger charge is 2.41. The standard InChI is InChI=1S/C18H21N3O3/c1-12-4-3-5-13(8-12)10-21-16(22)7-6-15(18(23)24)17(21)14-9-19-20(2)11-14/h3-5,8-9,11,15,17H,6-7,10H2,1-2H3,(H,23,24)/t15-,17-/m1/s1. The summed E-state index contributed by atoms with van der Waals surface area (Å²) >= 11 is 0. The zero-order valence-corrected chi connectivity index (χ0v) is 13.8. The van der Waals surface area contributed by atoms with Gasteiger partial charge in [-0.15, -0.1) is 0 Å². The molecule has 2 aromatic rings. The average Bonchev–Trinajstić information content (AvgIpc) is 2.95. The molecule has 6 heteroatoms. The van der Waals surface area contributed by atoms with Gasteiger partial charge in [-0.2, -0.15) is 5.10 Å². The number of carbonyl (C=O) groups is 2. The van der Waals surface area contributed by atoms with E-state index in [1.54, 1.807) is 29.0 Å². The van der Waals surface area contributed by atoms with E-state index >= 15 is 0 Å². The van der Waals surface area contributed by atoms with Crippen molar-refractivity contribution in [1.29, 1.82) is 0 Å². The summed E-state index contributed by atoms with van der Waals surface area (Å²) in [5.41, 5.74) is 2.89. The smallest absolute Gasteiger partial charge is 0.308 e. The largest absolute Gasteiger partial charge is 0.481 e. The number of carboxylic acids is 1. The third kappa shape index (κ3) is 3.18. The highest BCUT2D eigenvalue weighted by atomic mass is 16.4. The summed E-state index contributed by atoms with van der Waals surface area (Å²) in [7, 11) is 1.79. The second-order valence-electron chi connectivity index (χ2n) is 6.39. The topological polar surface area (TPSA) is 75.4 Å². The number of aryl methyl sites for hydroxylation is 2. The fourth-order valence-electron chi connectivity index (χ4n) is 3.41. The molecule has 1 N–H and O–H groups in total. The van der Waals surface area contributed by atoms with Crippen molar-refractivity contribution in [1.82, 2.24) is 14.7 Å². The maximum absolute atomic E-state index is 12.5. The van der Waals surface area contributed by atoms with E-state index in [-0.39, 0.29) is 12.3 Å². The molecule has 6 nitrogen and oxygen atoms in total. The first-order valence-electron chi connectivity index (χ1n) is 8.02. The van der Waals surface area contributed by atoms with Crippen molar-refractivity contribution in [3.8, 4) is 0 Å². The summed E-state index contributed by atoms with van der Waals surface area (Å²) in [5, 5.41) is 13.8. The SMILES string of the molecule is Cc1cccc(CN2C(=O)CC[C@@H](C(=O)O)[C@H]2c2cnn(C)c2)c1. The number of aromatic nitrogens is 2. The van der Waals surface area contributed by atoms with E-state index in [9.17, 15) is 14.7 Å². The molecule has 2 atom stereocenters. The summed E-state index contributed by atoms with van der Waals surface area (Å²) in [6.07, 6.45) is 4.07. The minimum Gasteiger partial charge on any atom is -0.481 e. The van der Waals surface area contributed by atoms with Gasteiger partial charge < -0.3 is 10.0 Å². The van der Waals surface area contributed by atoms with E-state index in [1.165, 1.54) is 0 Å². The van der Waals surface area contributed by atoms with Crippen LogP contribution in [-0.2, 0) is 23.2 Å².